The van der Waals surface area contributed by atoms with Crippen LogP contribution in [-0.2, 0) is 4.79 Å². The zero-order valence-corrected chi connectivity index (χ0v) is 12.8. The fourth-order valence-corrected chi connectivity index (χ4v) is 2.94. The van der Waals surface area contributed by atoms with Gasteiger partial charge in [0.2, 0.25) is 5.91 Å². The van der Waals surface area contributed by atoms with E-state index in [1.807, 2.05) is 30.3 Å². The largest absolute Gasteiger partial charge is 0.492 e. The Morgan fingerprint density at radius 1 is 1.26 bits per heavy atom. The van der Waals surface area contributed by atoms with Gasteiger partial charge in [0.25, 0.3) is 0 Å². The Kier molecular flexibility index (Phi) is 4.83. The third kappa shape index (κ3) is 3.65. The molecule has 6 nitrogen and oxygen atoms in total. The van der Waals surface area contributed by atoms with Crippen LogP contribution in [0.3, 0.4) is 0 Å². The first-order valence-corrected chi connectivity index (χ1v) is 7.69. The molecule has 2 atom stereocenters. The molecular weight excluding hydrogens is 292 g/mol. The zero-order valence-electron chi connectivity index (χ0n) is 12.8. The quantitative estimate of drug-likeness (QED) is 0.892. The monoisotopic (exact) mass is 312 g/mol. The third-order valence-corrected chi connectivity index (χ3v) is 4.13. The summed E-state index contributed by atoms with van der Waals surface area (Å²) < 4.78 is 5.84. The molecule has 1 fully saturated rings. The van der Waals surface area contributed by atoms with E-state index in [4.69, 9.17) is 10.5 Å². The summed E-state index contributed by atoms with van der Waals surface area (Å²) in [4.78, 5) is 22.2. The minimum Gasteiger partial charge on any atom is -0.492 e. The maximum absolute atomic E-state index is 11.9. The molecule has 23 heavy (non-hydrogen) atoms. The van der Waals surface area contributed by atoms with Gasteiger partial charge in [0.1, 0.15) is 5.75 Å². The number of nitrogens with zero attached hydrogens (tertiary/aromatic N) is 3. The van der Waals surface area contributed by atoms with Crippen LogP contribution in [0, 0.1) is 5.92 Å². The fourth-order valence-electron chi connectivity index (χ4n) is 2.94. The lowest BCUT2D eigenvalue weighted by Gasteiger charge is -2.18. The van der Waals surface area contributed by atoms with Crippen molar-refractivity contribution in [3.05, 3.63) is 54.6 Å². The molecule has 0 saturated carbocycles. The number of nitrogens with two attached hydrogens (primary N) is 1. The van der Waals surface area contributed by atoms with E-state index in [2.05, 4.69) is 9.97 Å². The number of carbonyl (C=O) groups is 1. The van der Waals surface area contributed by atoms with Crippen molar-refractivity contribution < 1.29 is 9.53 Å². The van der Waals surface area contributed by atoms with Crippen LogP contribution in [0.4, 0.5) is 0 Å². The molecule has 3 rings (SSSR count). The van der Waals surface area contributed by atoms with Crippen molar-refractivity contribution in [1.82, 2.24) is 14.9 Å². The van der Waals surface area contributed by atoms with Crippen molar-refractivity contribution in [3.8, 4) is 5.75 Å². The highest BCUT2D eigenvalue weighted by molar-refractivity contribution is 5.78. The summed E-state index contributed by atoms with van der Waals surface area (Å²) in [6.07, 6.45) is 5.18. The summed E-state index contributed by atoms with van der Waals surface area (Å²) in [5.74, 6) is 1.04. The Morgan fingerprint density at radius 3 is 2.87 bits per heavy atom. The number of rotatable bonds is 5. The van der Waals surface area contributed by atoms with Gasteiger partial charge in [-0.15, -0.1) is 0 Å². The van der Waals surface area contributed by atoms with Crippen molar-refractivity contribution in [2.45, 2.75) is 5.92 Å². The molecule has 1 aliphatic heterocycles. The van der Waals surface area contributed by atoms with Crippen LogP contribution in [0.1, 0.15) is 11.6 Å². The van der Waals surface area contributed by atoms with E-state index in [9.17, 15) is 4.79 Å². The smallest absolute Gasteiger partial charge is 0.236 e. The van der Waals surface area contributed by atoms with Gasteiger partial charge in [-0.25, -0.2) is 0 Å². The number of amides is 1. The molecule has 0 aliphatic carbocycles. The molecule has 2 N–H and O–H groups in total. The number of aromatic nitrogens is 2. The van der Waals surface area contributed by atoms with Crippen LogP contribution in [-0.4, -0.2) is 47.0 Å². The lowest BCUT2D eigenvalue weighted by molar-refractivity contribution is -0.128. The van der Waals surface area contributed by atoms with Gasteiger partial charge >= 0.3 is 0 Å². The predicted octanol–water partition coefficient (Wildman–Crippen LogP) is 1.06. The van der Waals surface area contributed by atoms with E-state index < -0.39 is 0 Å². The van der Waals surface area contributed by atoms with Crippen LogP contribution in [0.25, 0.3) is 0 Å². The number of hydrogen-bond donors (Lipinski definition) is 1. The average molecular weight is 312 g/mol. The lowest BCUT2D eigenvalue weighted by Crippen LogP contribution is -2.34. The van der Waals surface area contributed by atoms with Crippen molar-refractivity contribution in [3.63, 3.8) is 0 Å². The number of ether oxygens (including phenoxy) is 1. The normalized spacial score (nSPS) is 20.5. The number of pyridine rings is 2. The summed E-state index contributed by atoms with van der Waals surface area (Å²) in [5.41, 5.74) is 6.49. The molecule has 0 aromatic carbocycles. The first kappa shape index (κ1) is 15.4. The SMILES string of the molecule is NCC(=O)N1C[C@@H](COc2cccnc2)[C@H](c2ccccn2)C1. The predicted molar refractivity (Wildman–Crippen MR) is 85.8 cm³/mol. The topological polar surface area (TPSA) is 81.3 Å². The van der Waals surface area contributed by atoms with E-state index in [1.165, 1.54) is 0 Å². The molecule has 6 heteroatoms. The van der Waals surface area contributed by atoms with Gasteiger partial charge in [0.15, 0.2) is 0 Å². The molecule has 2 aromatic rings. The van der Waals surface area contributed by atoms with Gasteiger partial charge < -0.3 is 15.4 Å². The van der Waals surface area contributed by atoms with Gasteiger partial charge in [-0.05, 0) is 24.3 Å². The van der Waals surface area contributed by atoms with Gasteiger partial charge in [-0.2, -0.15) is 0 Å². The van der Waals surface area contributed by atoms with Gasteiger partial charge in [-0.1, -0.05) is 6.07 Å². The molecule has 0 unspecified atom stereocenters. The minimum absolute atomic E-state index is 0.0326. The van der Waals surface area contributed by atoms with Crippen molar-refractivity contribution in [2.24, 2.45) is 11.7 Å². The average Bonchev–Trinajstić information content (AvgIpc) is 3.05. The van der Waals surface area contributed by atoms with Crippen molar-refractivity contribution >= 4 is 5.91 Å². The Labute approximate surface area is 135 Å². The summed E-state index contributed by atoms with van der Waals surface area (Å²) in [7, 11) is 0. The van der Waals surface area contributed by atoms with Crippen LogP contribution in [0.15, 0.2) is 48.9 Å². The molecule has 0 radical (unpaired) electrons. The van der Waals surface area contributed by atoms with Gasteiger partial charge in [0.05, 0.1) is 19.3 Å². The summed E-state index contributed by atoms with van der Waals surface area (Å²) in [6.45, 7) is 1.82. The molecule has 1 aliphatic rings. The number of likely N-dealkylation sites (tertiary alicyclic amines) is 1. The van der Waals surface area contributed by atoms with Gasteiger partial charge in [-0.3, -0.25) is 14.8 Å². The Hall–Kier alpha value is -2.47. The second-order valence-electron chi connectivity index (χ2n) is 5.62. The first-order chi connectivity index (χ1) is 11.3. The number of hydrogen-bond acceptors (Lipinski definition) is 5. The highest BCUT2D eigenvalue weighted by Crippen LogP contribution is 2.32. The Balaban J connectivity index is 1.73. The molecular formula is C17H20N4O2. The summed E-state index contributed by atoms with van der Waals surface area (Å²) >= 11 is 0. The van der Waals surface area contributed by atoms with Crippen molar-refractivity contribution in [1.29, 1.82) is 0 Å². The van der Waals surface area contributed by atoms with Crippen LogP contribution in [0.2, 0.25) is 0 Å². The second kappa shape index (κ2) is 7.19. The molecule has 2 aromatic heterocycles. The van der Waals surface area contributed by atoms with E-state index in [-0.39, 0.29) is 24.3 Å². The summed E-state index contributed by atoms with van der Waals surface area (Å²) in [6, 6.07) is 9.57. The fraction of sp³-hybridized carbons (Fsp3) is 0.353. The highest BCUT2D eigenvalue weighted by atomic mass is 16.5. The molecule has 120 valence electrons. The van der Waals surface area contributed by atoms with Crippen LogP contribution >= 0.6 is 0 Å². The van der Waals surface area contributed by atoms with E-state index in [0.717, 1.165) is 11.4 Å². The lowest BCUT2D eigenvalue weighted by atomic mass is 9.93. The molecule has 0 spiro atoms. The standard InChI is InChI=1S/C17H20N4O2/c18-8-17(22)21-10-13(12-23-14-4-3-6-19-9-14)15(11-21)16-5-1-2-7-20-16/h1-7,9,13,15H,8,10-12,18H2/t13-,15+/m0/s1. The molecule has 1 amide bonds. The maximum atomic E-state index is 11.9. The van der Waals surface area contributed by atoms with E-state index in [0.29, 0.717) is 19.7 Å². The maximum Gasteiger partial charge on any atom is 0.236 e. The second-order valence-corrected chi connectivity index (χ2v) is 5.62. The minimum atomic E-state index is -0.0326. The van der Waals surface area contributed by atoms with E-state index in [1.54, 1.807) is 23.5 Å². The van der Waals surface area contributed by atoms with Gasteiger partial charge in [0, 0.05) is 43.0 Å². The third-order valence-electron chi connectivity index (χ3n) is 4.13. The molecule has 3 heterocycles. The molecule has 1 saturated heterocycles. The van der Waals surface area contributed by atoms with E-state index >= 15 is 0 Å². The number of carbonyl (C=O) groups excluding carboxylic acids is 1. The first-order valence-electron chi connectivity index (χ1n) is 7.69. The Morgan fingerprint density at radius 2 is 2.17 bits per heavy atom. The van der Waals surface area contributed by atoms with Crippen LogP contribution in [0.5, 0.6) is 5.75 Å². The highest BCUT2D eigenvalue weighted by Gasteiger charge is 2.36. The zero-order chi connectivity index (χ0) is 16.1. The summed E-state index contributed by atoms with van der Waals surface area (Å²) in [5, 5.41) is 0. The van der Waals surface area contributed by atoms with Crippen LogP contribution < -0.4 is 10.5 Å². The molecule has 0 bridgehead atoms. The van der Waals surface area contributed by atoms with Crippen molar-refractivity contribution in [2.75, 3.05) is 26.2 Å². The Bertz CT molecular complexity index is 636.